The van der Waals surface area contributed by atoms with Crippen molar-refractivity contribution >= 4 is 0 Å². The van der Waals surface area contributed by atoms with Crippen LogP contribution in [0.3, 0.4) is 0 Å². The SMILES string of the molecule is CCCc1cc(O)c(O)c(O)c1-c1c(CCC)cc(O)c(O)c1O. The van der Waals surface area contributed by atoms with Crippen LogP contribution in [0, 0.1) is 0 Å². The summed E-state index contributed by atoms with van der Waals surface area (Å²) in [6, 6.07) is 2.65. The third-order valence-electron chi connectivity index (χ3n) is 3.96. The smallest absolute Gasteiger partial charge is 0.200 e. The zero-order valence-electron chi connectivity index (χ0n) is 13.7. The molecule has 2 rings (SSSR count). The van der Waals surface area contributed by atoms with Crippen LogP contribution in [0.1, 0.15) is 37.8 Å². The summed E-state index contributed by atoms with van der Waals surface area (Å²) < 4.78 is 0. The lowest BCUT2D eigenvalue weighted by Gasteiger charge is -2.19. The van der Waals surface area contributed by atoms with Crippen LogP contribution in [0.25, 0.3) is 11.1 Å². The lowest BCUT2D eigenvalue weighted by atomic mass is 9.89. The topological polar surface area (TPSA) is 121 Å². The van der Waals surface area contributed by atoms with Crippen LogP contribution in [-0.4, -0.2) is 30.6 Å². The van der Waals surface area contributed by atoms with Gasteiger partial charge in [0.25, 0.3) is 0 Å². The lowest BCUT2D eigenvalue weighted by Crippen LogP contribution is -1.97. The predicted octanol–water partition coefficient (Wildman–Crippen LogP) is 3.49. The van der Waals surface area contributed by atoms with E-state index in [0.29, 0.717) is 36.8 Å². The van der Waals surface area contributed by atoms with E-state index < -0.39 is 34.5 Å². The van der Waals surface area contributed by atoms with Crippen molar-refractivity contribution in [3.8, 4) is 45.6 Å². The summed E-state index contributed by atoms with van der Waals surface area (Å²) in [4.78, 5) is 0. The average Bonchev–Trinajstić information content (AvgIpc) is 2.53. The Labute approximate surface area is 139 Å². The summed E-state index contributed by atoms with van der Waals surface area (Å²) in [6.45, 7) is 3.82. The molecule has 2 aromatic rings. The van der Waals surface area contributed by atoms with Gasteiger partial charge < -0.3 is 30.6 Å². The molecule has 6 heteroatoms. The maximum atomic E-state index is 10.4. The fraction of sp³-hybridized carbons (Fsp3) is 0.333. The van der Waals surface area contributed by atoms with Crippen molar-refractivity contribution in [2.75, 3.05) is 0 Å². The Balaban J connectivity index is 2.90. The van der Waals surface area contributed by atoms with Crippen LogP contribution in [0.15, 0.2) is 12.1 Å². The Kier molecular flexibility index (Phi) is 4.97. The van der Waals surface area contributed by atoms with Gasteiger partial charge in [-0.25, -0.2) is 0 Å². The molecule has 0 aliphatic rings. The second-order valence-electron chi connectivity index (χ2n) is 5.75. The van der Waals surface area contributed by atoms with Crippen LogP contribution in [0.2, 0.25) is 0 Å². The normalized spacial score (nSPS) is 10.9. The minimum Gasteiger partial charge on any atom is -0.504 e. The molecule has 6 N–H and O–H groups in total. The molecule has 130 valence electrons. The summed E-state index contributed by atoms with van der Waals surface area (Å²) in [5.41, 5.74) is 1.32. The Morgan fingerprint density at radius 2 is 0.917 bits per heavy atom. The highest BCUT2D eigenvalue weighted by Crippen LogP contribution is 2.52. The highest BCUT2D eigenvalue weighted by molar-refractivity contribution is 5.87. The molecule has 0 radical (unpaired) electrons. The second-order valence-corrected chi connectivity index (χ2v) is 5.75. The van der Waals surface area contributed by atoms with Gasteiger partial charge in [-0.05, 0) is 36.1 Å². The molecule has 24 heavy (non-hydrogen) atoms. The molecule has 0 aliphatic carbocycles. The molecule has 0 aromatic heterocycles. The number of aromatic hydroxyl groups is 6. The van der Waals surface area contributed by atoms with Gasteiger partial charge in [-0.3, -0.25) is 0 Å². The van der Waals surface area contributed by atoms with E-state index in [-0.39, 0.29) is 11.1 Å². The molecule has 0 saturated carbocycles. The van der Waals surface area contributed by atoms with E-state index in [0.717, 1.165) is 0 Å². The molecular weight excluding hydrogens is 312 g/mol. The molecular formula is C18H22O6. The zero-order chi connectivity index (χ0) is 18.0. The Hall–Kier alpha value is -2.76. The molecule has 0 spiro atoms. The second kappa shape index (κ2) is 6.78. The van der Waals surface area contributed by atoms with Gasteiger partial charge in [0.1, 0.15) is 0 Å². The van der Waals surface area contributed by atoms with E-state index in [4.69, 9.17) is 0 Å². The van der Waals surface area contributed by atoms with E-state index in [1.165, 1.54) is 12.1 Å². The number of hydrogen-bond donors (Lipinski definition) is 6. The first-order valence-electron chi connectivity index (χ1n) is 7.87. The van der Waals surface area contributed by atoms with Crippen molar-refractivity contribution in [3.05, 3.63) is 23.3 Å². The molecule has 0 aliphatic heterocycles. The molecule has 0 fully saturated rings. The van der Waals surface area contributed by atoms with Crippen molar-refractivity contribution < 1.29 is 30.6 Å². The van der Waals surface area contributed by atoms with Crippen LogP contribution in [-0.2, 0) is 12.8 Å². The van der Waals surface area contributed by atoms with Crippen molar-refractivity contribution in [2.24, 2.45) is 0 Å². The maximum Gasteiger partial charge on any atom is 0.200 e. The summed E-state index contributed by atoms with van der Waals surface area (Å²) in [5.74, 6) is -3.45. The monoisotopic (exact) mass is 334 g/mol. The highest BCUT2D eigenvalue weighted by Gasteiger charge is 2.25. The Morgan fingerprint density at radius 1 is 0.583 bits per heavy atom. The van der Waals surface area contributed by atoms with E-state index in [9.17, 15) is 30.6 Å². The van der Waals surface area contributed by atoms with Gasteiger partial charge in [0.2, 0.25) is 11.5 Å². The van der Waals surface area contributed by atoms with Crippen molar-refractivity contribution in [1.29, 1.82) is 0 Å². The molecule has 0 atom stereocenters. The predicted molar refractivity (Wildman–Crippen MR) is 89.9 cm³/mol. The molecule has 6 nitrogen and oxygen atoms in total. The van der Waals surface area contributed by atoms with Crippen molar-refractivity contribution in [2.45, 2.75) is 39.5 Å². The molecule has 0 unspecified atom stereocenters. The third-order valence-corrected chi connectivity index (χ3v) is 3.96. The molecule has 0 saturated heterocycles. The number of hydrogen-bond acceptors (Lipinski definition) is 6. The summed E-state index contributed by atoms with van der Waals surface area (Å²) in [7, 11) is 0. The first-order valence-corrected chi connectivity index (χ1v) is 7.87. The van der Waals surface area contributed by atoms with E-state index in [1.54, 1.807) is 0 Å². The summed E-state index contributed by atoms with van der Waals surface area (Å²) in [6.07, 6.45) is 2.35. The number of aryl methyl sites for hydroxylation is 2. The Morgan fingerprint density at radius 3 is 1.21 bits per heavy atom. The Bertz CT molecular complexity index is 702. The minimum absolute atomic E-state index is 0.142. The van der Waals surface area contributed by atoms with E-state index in [1.807, 2.05) is 13.8 Å². The van der Waals surface area contributed by atoms with Crippen LogP contribution in [0.5, 0.6) is 34.5 Å². The average molecular weight is 334 g/mol. The van der Waals surface area contributed by atoms with E-state index in [2.05, 4.69) is 0 Å². The van der Waals surface area contributed by atoms with Gasteiger partial charge in [-0.15, -0.1) is 0 Å². The minimum atomic E-state index is -0.695. The first-order chi connectivity index (χ1) is 11.3. The number of phenols is 6. The van der Waals surface area contributed by atoms with Crippen LogP contribution in [0.4, 0.5) is 0 Å². The fourth-order valence-corrected chi connectivity index (χ4v) is 2.89. The third kappa shape index (κ3) is 2.87. The largest absolute Gasteiger partial charge is 0.504 e. The summed E-state index contributed by atoms with van der Waals surface area (Å²) in [5, 5.41) is 60.0. The number of benzene rings is 2. The fourth-order valence-electron chi connectivity index (χ4n) is 2.89. The molecule has 0 heterocycles. The molecule has 0 amide bonds. The van der Waals surface area contributed by atoms with Gasteiger partial charge >= 0.3 is 0 Å². The standard InChI is InChI=1S/C18H22O6/c1-3-5-9-7-11(19)15(21)17(23)13(9)14-10(6-4-2)8-12(20)16(22)18(14)24/h7-8,19-24H,3-6H2,1-2H3. The lowest BCUT2D eigenvalue weighted by molar-refractivity contribution is 0.364. The van der Waals surface area contributed by atoms with E-state index >= 15 is 0 Å². The first kappa shape index (κ1) is 17.6. The summed E-state index contributed by atoms with van der Waals surface area (Å²) >= 11 is 0. The number of phenolic OH excluding ortho intramolecular Hbond substituents is 6. The zero-order valence-corrected chi connectivity index (χ0v) is 13.7. The van der Waals surface area contributed by atoms with Crippen molar-refractivity contribution in [1.82, 2.24) is 0 Å². The van der Waals surface area contributed by atoms with Gasteiger partial charge in [0.15, 0.2) is 23.0 Å². The van der Waals surface area contributed by atoms with Crippen molar-refractivity contribution in [3.63, 3.8) is 0 Å². The number of rotatable bonds is 5. The van der Waals surface area contributed by atoms with Gasteiger partial charge in [-0.1, -0.05) is 26.7 Å². The van der Waals surface area contributed by atoms with Gasteiger partial charge in [0.05, 0.1) is 0 Å². The highest BCUT2D eigenvalue weighted by atomic mass is 16.3. The molecule has 2 aromatic carbocycles. The van der Waals surface area contributed by atoms with Gasteiger partial charge in [-0.2, -0.15) is 0 Å². The quantitative estimate of drug-likeness (QED) is 0.466. The molecule has 0 bridgehead atoms. The van der Waals surface area contributed by atoms with Crippen LogP contribution < -0.4 is 0 Å². The maximum absolute atomic E-state index is 10.4. The van der Waals surface area contributed by atoms with Gasteiger partial charge in [0, 0.05) is 11.1 Å². The van der Waals surface area contributed by atoms with Crippen LogP contribution >= 0.6 is 0 Å².